The maximum absolute atomic E-state index is 12.1. The van der Waals surface area contributed by atoms with Gasteiger partial charge in [-0.15, -0.1) is 0 Å². The third kappa shape index (κ3) is 3.45. The molecule has 1 rings (SSSR count). The molecule has 1 fully saturated rings. The lowest BCUT2D eigenvalue weighted by atomic mass is 9.80. The molecular weight excluding hydrogens is 250 g/mol. The van der Waals surface area contributed by atoms with E-state index in [1.165, 1.54) is 6.92 Å². The van der Waals surface area contributed by atoms with Crippen LogP contribution in [0.5, 0.6) is 0 Å². The van der Waals surface area contributed by atoms with Gasteiger partial charge in [0.25, 0.3) is 0 Å². The molecule has 0 aromatic carbocycles. The molecule has 5 unspecified atom stereocenters. The number of hydrogen-bond donors (Lipinski definition) is 3. The highest BCUT2D eigenvalue weighted by atomic mass is 16.4. The number of amides is 1. The Morgan fingerprint density at radius 2 is 1.68 bits per heavy atom. The van der Waals surface area contributed by atoms with E-state index in [2.05, 4.69) is 5.32 Å². The number of carboxylic acids is 2. The largest absolute Gasteiger partial charge is 0.481 e. The van der Waals surface area contributed by atoms with E-state index < -0.39 is 29.8 Å². The highest BCUT2D eigenvalue weighted by molar-refractivity contribution is 5.85. The van der Waals surface area contributed by atoms with E-state index in [0.29, 0.717) is 6.42 Å². The maximum Gasteiger partial charge on any atom is 0.325 e. The van der Waals surface area contributed by atoms with Crippen molar-refractivity contribution in [1.82, 2.24) is 5.32 Å². The van der Waals surface area contributed by atoms with E-state index in [4.69, 9.17) is 10.2 Å². The van der Waals surface area contributed by atoms with Crippen molar-refractivity contribution in [2.24, 2.45) is 23.7 Å². The second-order valence-electron chi connectivity index (χ2n) is 5.43. The van der Waals surface area contributed by atoms with Crippen LogP contribution in [0.25, 0.3) is 0 Å². The van der Waals surface area contributed by atoms with Crippen molar-refractivity contribution < 1.29 is 24.6 Å². The molecule has 0 aromatic heterocycles. The van der Waals surface area contributed by atoms with E-state index in [-0.39, 0.29) is 17.7 Å². The first-order valence-electron chi connectivity index (χ1n) is 6.51. The molecule has 0 bridgehead atoms. The van der Waals surface area contributed by atoms with E-state index in [0.717, 1.165) is 6.42 Å². The number of carbonyl (C=O) groups excluding carboxylic acids is 1. The molecule has 0 aliphatic heterocycles. The summed E-state index contributed by atoms with van der Waals surface area (Å²) in [4.78, 5) is 33.9. The van der Waals surface area contributed by atoms with Gasteiger partial charge < -0.3 is 15.5 Å². The lowest BCUT2D eigenvalue weighted by molar-refractivity contribution is -0.146. The first kappa shape index (κ1) is 15.5. The van der Waals surface area contributed by atoms with Crippen LogP contribution in [0.1, 0.15) is 33.6 Å². The zero-order valence-corrected chi connectivity index (χ0v) is 11.4. The molecule has 1 amide bonds. The minimum absolute atomic E-state index is 0.155. The summed E-state index contributed by atoms with van der Waals surface area (Å²) in [5.41, 5.74) is 0. The lowest BCUT2D eigenvalue weighted by Gasteiger charge is -2.26. The molecule has 0 saturated heterocycles. The zero-order valence-electron chi connectivity index (χ0n) is 11.4. The van der Waals surface area contributed by atoms with Gasteiger partial charge in [0.2, 0.25) is 5.91 Å². The number of hydrogen-bond acceptors (Lipinski definition) is 3. The van der Waals surface area contributed by atoms with Gasteiger partial charge in [0, 0.05) is 5.92 Å². The van der Waals surface area contributed by atoms with Crippen molar-refractivity contribution in [2.45, 2.75) is 39.7 Å². The molecule has 0 radical (unpaired) electrons. The first-order valence-corrected chi connectivity index (χ1v) is 6.51. The quantitative estimate of drug-likeness (QED) is 0.691. The van der Waals surface area contributed by atoms with Gasteiger partial charge in [-0.3, -0.25) is 14.4 Å². The fourth-order valence-electron chi connectivity index (χ4n) is 2.92. The fourth-order valence-corrected chi connectivity index (χ4v) is 2.92. The Morgan fingerprint density at radius 3 is 2.16 bits per heavy atom. The van der Waals surface area contributed by atoms with Gasteiger partial charge in [-0.2, -0.15) is 0 Å². The summed E-state index contributed by atoms with van der Waals surface area (Å²) in [5, 5.41) is 20.3. The van der Waals surface area contributed by atoms with Crippen LogP contribution in [-0.2, 0) is 14.4 Å². The number of nitrogens with one attached hydrogen (secondary N) is 1. The molecule has 6 heteroatoms. The maximum atomic E-state index is 12.1. The van der Waals surface area contributed by atoms with Crippen LogP contribution in [0.15, 0.2) is 0 Å². The fraction of sp³-hybridized carbons (Fsp3) is 0.769. The second kappa shape index (κ2) is 6.04. The third-order valence-electron chi connectivity index (χ3n) is 4.09. The summed E-state index contributed by atoms with van der Waals surface area (Å²) in [6.45, 7) is 4.95. The Kier molecular flexibility index (Phi) is 4.91. The second-order valence-corrected chi connectivity index (χ2v) is 5.43. The monoisotopic (exact) mass is 271 g/mol. The molecule has 108 valence electrons. The third-order valence-corrected chi connectivity index (χ3v) is 4.09. The van der Waals surface area contributed by atoms with Crippen LogP contribution in [0, 0.1) is 23.7 Å². The Balaban J connectivity index is 2.78. The summed E-state index contributed by atoms with van der Waals surface area (Å²) < 4.78 is 0. The molecule has 0 spiro atoms. The molecule has 0 heterocycles. The van der Waals surface area contributed by atoms with Crippen molar-refractivity contribution in [1.29, 1.82) is 0 Å². The van der Waals surface area contributed by atoms with Gasteiger partial charge >= 0.3 is 11.9 Å². The lowest BCUT2D eigenvalue weighted by Crippen LogP contribution is -2.44. The van der Waals surface area contributed by atoms with Gasteiger partial charge in [0.1, 0.15) is 6.04 Å². The van der Waals surface area contributed by atoms with Gasteiger partial charge in [0.15, 0.2) is 0 Å². The molecule has 5 atom stereocenters. The van der Waals surface area contributed by atoms with Crippen LogP contribution in [0.3, 0.4) is 0 Å². The van der Waals surface area contributed by atoms with E-state index in [1.54, 1.807) is 6.92 Å². The topological polar surface area (TPSA) is 104 Å². The Morgan fingerprint density at radius 1 is 1.11 bits per heavy atom. The average molecular weight is 271 g/mol. The molecule has 1 saturated carbocycles. The molecule has 6 nitrogen and oxygen atoms in total. The van der Waals surface area contributed by atoms with Gasteiger partial charge in [-0.1, -0.05) is 13.8 Å². The smallest absolute Gasteiger partial charge is 0.325 e. The first-order chi connectivity index (χ1) is 8.75. The van der Waals surface area contributed by atoms with Crippen molar-refractivity contribution in [3.63, 3.8) is 0 Å². The van der Waals surface area contributed by atoms with Crippen molar-refractivity contribution in [3.05, 3.63) is 0 Å². The number of rotatable bonds is 5. The number of aliphatic carboxylic acids is 2. The highest BCUT2D eigenvalue weighted by Crippen LogP contribution is 2.41. The van der Waals surface area contributed by atoms with Crippen LogP contribution in [0.4, 0.5) is 0 Å². The minimum Gasteiger partial charge on any atom is -0.481 e. The summed E-state index contributed by atoms with van der Waals surface area (Å²) in [6, 6.07) is -0.954. The van der Waals surface area contributed by atoms with Crippen LogP contribution in [-0.4, -0.2) is 34.1 Å². The van der Waals surface area contributed by atoms with Gasteiger partial charge in [-0.05, 0) is 31.6 Å². The van der Waals surface area contributed by atoms with Crippen molar-refractivity contribution in [2.75, 3.05) is 0 Å². The van der Waals surface area contributed by atoms with Gasteiger partial charge in [0.05, 0.1) is 5.92 Å². The summed E-state index contributed by atoms with van der Waals surface area (Å²) in [6.07, 6.45) is 1.41. The minimum atomic E-state index is -1.10. The van der Waals surface area contributed by atoms with Crippen molar-refractivity contribution in [3.8, 4) is 0 Å². The van der Waals surface area contributed by atoms with Gasteiger partial charge in [-0.25, -0.2) is 0 Å². The standard InChI is InChI=1S/C13H21NO5/c1-6-4-5-9(10(6)7(2)12(16)17)11(15)14-8(3)13(18)19/h6-10H,4-5H2,1-3H3,(H,14,15)(H,16,17)(H,18,19). The Hall–Kier alpha value is -1.59. The Labute approximate surface area is 112 Å². The number of carboxylic acid groups (broad SMARTS) is 2. The molecule has 0 aromatic rings. The molecule has 19 heavy (non-hydrogen) atoms. The van der Waals surface area contributed by atoms with Crippen molar-refractivity contribution >= 4 is 17.8 Å². The van der Waals surface area contributed by atoms with E-state index in [1.807, 2.05) is 6.92 Å². The molecule has 1 aliphatic carbocycles. The summed E-state index contributed by atoms with van der Waals surface area (Å²) in [7, 11) is 0. The van der Waals surface area contributed by atoms with E-state index in [9.17, 15) is 14.4 Å². The SMILES string of the molecule is CC(NC(=O)C1CCC(C)C1C(C)C(=O)O)C(=O)O. The van der Waals surface area contributed by atoms with Crippen LogP contribution < -0.4 is 5.32 Å². The average Bonchev–Trinajstić information content (AvgIpc) is 2.69. The van der Waals surface area contributed by atoms with E-state index >= 15 is 0 Å². The number of carbonyl (C=O) groups is 3. The predicted octanol–water partition coefficient (Wildman–Crippen LogP) is 0.959. The highest BCUT2D eigenvalue weighted by Gasteiger charge is 2.43. The Bertz CT molecular complexity index is 381. The summed E-state index contributed by atoms with van der Waals surface area (Å²) in [5.74, 6) is -3.46. The molecular formula is C13H21NO5. The van der Waals surface area contributed by atoms with Crippen LogP contribution in [0.2, 0.25) is 0 Å². The normalized spacial score (nSPS) is 29.5. The molecule has 3 N–H and O–H groups in total. The predicted molar refractivity (Wildman–Crippen MR) is 67.4 cm³/mol. The molecule has 1 aliphatic rings. The van der Waals surface area contributed by atoms with Crippen LogP contribution >= 0.6 is 0 Å². The summed E-state index contributed by atoms with van der Waals surface area (Å²) >= 11 is 0. The zero-order chi connectivity index (χ0) is 14.7.